The van der Waals surface area contributed by atoms with Gasteiger partial charge in [-0.1, -0.05) is 91.5 Å². The van der Waals surface area contributed by atoms with E-state index < -0.39 is 0 Å². The molecule has 1 aliphatic rings. The molecule has 0 aliphatic carbocycles. The molecule has 0 saturated heterocycles. The van der Waals surface area contributed by atoms with Gasteiger partial charge in [0.05, 0.1) is 0 Å². The Morgan fingerprint density at radius 2 is 1.44 bits per heavy atom. The van der Waals surface area contributed by atoms with Crippen LogP contribution in [0.1, 0.15) is 36.5 Å². The fraction of sp³-hybridized carbons (Fsp3) is 0.163. The Hall–Kier alpha value is -4.70. The largest absolute Gasteiger partial charge is 3.00 e. The van der Waals surface area contributed by atoms with Gasteiger partial charge in [0, 0.05) is 28.6 Å². The maximum atomic E-state index is 4.41. The number of benzene rings is 5. The molecule has 0 spiro atoms. The average Bonchev–Trinajstić information content (AvgIpc) is 3.76. The van der Waals surface area contributed by atoms with Crippen LogP contribution >= 0.6 is 0 Å². The number of aryl methyl sites for hydroxylation is 3. The summed E-state index contributed by atoms with van der Waals surface area (Å²) < 4.78 is 2.43. The van der Waals surface area contributed by atoms with Crippen LogP contribution in [0.15, 0.2) is 109 Å². The topological polar surface area (TPSA) is 23.8 Å². The first-order valence-corrected chi connectivity index (χ1v) is 16.5. The second-order valence-electron chi connectivity index (χ2n) is 12.6. The minimum Gasteiger partial charge on any atom is -0.501 e. The molecule has 0 radical (unpaired) electrons. The van der Waals surface area contributed by atoms with Crippen molar-refractivity contribution in [2.45, 2.75) is 40.5 Å². The molecular weight excluding hydrogens is 765 g/mol. The Morgan fingerprint density at radius 1 is 0.729 bits per heavy atom. The third-order valence-electron chi connectivity index (χ3n) is 9.47. The van der Waals surface area contributed by atoms with Crippen LogP contribution in [0.4, 0.5) is 17.1 Å². The van der Waals surface area contributed by atoms with E-state index in [9.17, 15) is 0 Å². The molecule has 0 N–H and O–H groups in total. The number of para-hydroxylation sites is 4. The van der Waals surface area contributed by atoms with Gasteiger partial charge >= 0.3 is 20.1 Å². The zero-order chi connectivity index (χ0) is 32.1. The van der Waals surface area contributed by atoms with Crippen molar-refractivity contribution < 1.29 is 20.1 Å². The summed E-state index contributed by atoms with van der Waals surface area (Å²) in [5, 5.41) is 5.11. The summed E-state index contributed by atoms with van der Waals surface area (Å²) in [6.45, 7) is 11.8. The molecule has 4 nitrogen and oxygen atoms in total. The van der Waals surface area contributed by atoms with Crippen LogP contribution in [0.2, 0.25) is 0 Å². The van der Waals surface area contributed by atoms with Crippen molar-refractivity contribution in [2.75, 3.05) is 16.3 Å². The molecule has 0 bridgehead atoms. The molecule has 4 heterocycles. The normalized spacial score (nSPS) is 12.5. The Bertz CT molecular complexity index is 2370. The van der Waals surface area contributed by atoms with E-state index in [1.807, 2.05) is 12.3 Å². The van der Waals surface area contributed by atoms with E-state index in [0.717, 1.165) is 23.5 Å². The number of nitrogens with zero attached hydrogens (tertiary/aromatic N) is 4. The second kappa shape index (κ2) is 13.1. The molecular formula is C43H37IrN4. The molecule has 0 fully saturated rings. The monoisotopic (exact) mass is 802 g/mol. The molecule has 0 amide bonds. The van der Waals surface area contributed by atoms with E-state index in [0.29, 0.717) is 0 Å². The van der Waals surface area contributed by atoms with Gasteiger partial charge in [-0.2, -0.15) is 18.8 Å². The smallest absolute Gasteiger partial charge is 0.501 e. The van der Waals surface area contributed by atoms with Crippen molar-refractivity contribution >= 4 is 55.2 Å². The average molecular weight is 802 g/mol. The first-order valence-electron chi connectivity index (χ1n) is 16.5. The van der Waals surface area contributed by atoms with Crippen LogP contribution in [0, 0.1) is 39.6 Å². The van der Waals surface area contributed by atoms with Gasteiger partial charge in [0.1, 0.15) is 0 Å². The quantitative estimate of drug-likeness (QED) is 0.162. The van der Waals surface area contributed by atoms with Crippen molar-refractivity contribution in [3.8, 4) is 11.3 Å². The Labute approximate surface area is 296 Å². The molecule has 5 heteroatoms. The number of hydrogen-bond donors (Lipinski definition) is 0. The third-order valence-corrected chi connectivity index (χ3v) is 9.47. The van der Waals surface area contributed by atoms with Gasteiger partial charge in [-0.05, 0) is 78.6 Å². The standard InChI is InChI=1S/C29H23N3.C14H14N.Ir/c1-2-3-18-30-19-31(26-15-9-8-14-25(26)30)27-17-16-21-20-10-4-6-12-23(20)32-24-13-7-5-11-22(24)28(27)29(21)32;1-10-4-6-13(7-5-10)14-8-11(2)12(3)9-15-14;/h4-16,19H,2-3,18H2,1H3;4-6,8-9H,1-3H3;/q-2;-1;+3. The molecule has 0 saturated carbocycles. The van der Waals surface area contributed by atoms with E-state index in [1.165, 1.54) is 79.0 Å². The van der Waals surface area contributed by atoms with E-state index in [-0.39, 0.29) is 20.1 Å². The van der Waals surface area contributed by atoms with Gasteiger partial charge in [-0.15, -0.1) is 40.8 Å². The van der Waals surface area contributed by atoms with Gasteiger partial charge in [0.2, 0.25) is 0 Å². The Kier molecular flexibility index (Phi) is 8.68. The predicted octanol–water partition coefficient (Wildman–Crippen LogP) is 11.0. The number of aromatic nitrogens is 2. The van der Waals surface area contributed by atoms with Crippen LogP contribution in [-0.4, -0.2) is 15.9 Å². The van der Waals surface area contributed by atoms with Crippen LogP contribution in [0.25, 0.3) is 49.4 Å². The molecule has 9 rings (SSSR count). The van der Waals surface area contributed by atoms with Crippen molar-refractivity contribution in [3.05, 3.63) is 145 Å². The molecule has 238 valence electrons. The van der Waals surface area contributed by atoms with Gasteiger partial charge < -0.3 is 19.2 Å². The summed E-state index contributed by atoms with van der Waals surface area (Å²) in [6, 6.07) is 43.6. The number of unbranched alkanes of at least 4 members (excludes halogenated alkanes) is 1. The van der Waals surface area contributed by atoms with Crippen LogP contribution in [0.3, 0.4) is 0 Å². The van der Waals surface area contributed by atoms with Crippen LogP contribution in [-0.2, 0) is 20.1 Å². The molecule has 1 aliphatic heterocycles. The van der Waals surface area contributed by atoms with E-state index >= 15 is 0 Å². The summed E-state index contributed by atoms with van der Waals surface area (Å²) in [5.41, 5.74) is 13.2. The van der Waals surface area contributed by atoms with Crippen molar-refractivity contribution in [2.24, 2.45) is 0 Å². The first-order chi connectivity index (χ1) is 23.0. The zero-order valence-corrected chi connectivity index (χ0v) is 30.1. The van der Waals surface area contributed by atoms with Crippen molar-refractivity contribution in [1.82, 2.24) is 9.38 Å². The maximum absolute atomic E-state index is 4.41. The Balaban J connectivity index is 0.000000193. The van der Waals surface area contributed by atoms with Gasteiger partial charge in [0.15, 0.2) is 0 Å². The van der Waals surface area contributed by atoms with Crippen LogP contribution < -0.4 is 9.80 Å². The molecule has 0 atom stereocenters. The number of hydrogen-bond acceptors (Lipinski definition) is 3. The van der Waals surface area contributed by atoms with Crippen molar-refractivity contribution in [3.63, 3.8) is 0 Å². The van der Waals surface area contributed by atoms with Crippen molar-refractivity contribution in [1.29, 1.82) is 0 Å². The number of fused-ring (bicyclic) bond motifs is 7. The van der Waals surface area contributed by atoms with Crippen LogP contribution in [0.5, 0.6) is 0 Å². The fourth-order valence-electron chi connectivity index (χ4n) is 6.85. The molecule has 3 aromatic heterocycles. The molecule has 8 aromatic rings. The number of pyridine rings is 1. The summed E-state index contributed by atoms with van der Waals surface area (Å²) in [5.74, 6) is 0. The molecule has 5 aromatic carbocycles. The Morgan fingerprint density at radius 3 is 2.17 bits per heavy atom. The minimum absolute atomic E-state index is 0. The van der Waals surface area contributed by atoms with E-state index in [2.05, 4.69) is 163 Å². The first kappa shape index (κ1) is 31.9. The number of rotatable bonds is 5. The van der Waals surface area contributed by atoms with Gasteiger partial charge in [-0.25, -0.2) is 0 Å². The second-order valence-corrected chi connectivity index (χ2v) is 12.6. The summed E-state index contributed by atoms with van der Waals surface area (Å²) in [6.07, 6.45) is 4.27. The summed E-state index contributed by atoms with van der Waals surface area (Å²) in [4.78, 5) is 9.13. The SMILES string of the molecule is CCCCN1[CH-]N(c2[c-]cc3c4ccccc4n4c5ccccc5c2c34)c2ccccc21.Cc1c[c-]c(-c2cc(C)c(C)cn2)cc1.[Ir+3]. The van der Waals surface area contributed by atoms with Gasteiger partial charge in [0.25, 0.3) is 0 Å². The minimum atomic E-state index is 0. The number of anilines is 3. The summed E-state index contributed by atoms with van der Waals surface area (Å²) in [7, 11) is 0. The fourth-order valence-corrected chi connectivity index (χ4v) is 6.85. The van der Waals surface area contributed by atoms with E-state index in [4.69, 9.17) is 0 Å². The van der Waals surface area contributed by atoms with Gasteiger partial charge in [-0.3, -0.25) is 0 Å². The third kappa shape index (κ3) is 5.32. The maximum Gasteiger partial charge on any atom is 3.00 e. The summed E-state index contributed by atoms with van der Waals surface area (Å²) >= 11 is 0. The molecule has 48 heavy (non-hydrogen) atoms. The van der Waals surface area contributed by atoms with E-state index in [1.54, 1.807) is 0 Å². The zero-order valence-electron chi connectivity index (χ0n) is 27.7. The molecule has 0 unspecified atom stereocenters. The predicted molar refractivity (Wildman–Crippen MR) is 198 cm³/mol.